The first-order chi connectivity index (χ1) is 28.3. The standard InChI is InChI=1S/C22H20ClN7O3.C17H14N6O3/c1-22(2,3)33-21(31)29-7-6-12-9-14(23)10-13(18(12)29)11-30-19-17(27-28-30)16(25-20(24)26-19)15-5-4-8-32-15;1-25-11-6-4-10(5-7-11)12(24)9-23-16-15(21-22-23)14(19-17(18)20-16)13-3-2-8-26-13/h4-10H,11H2,1-3H3,(H2,24,25,26);2-8H,9H2,1H3,(H2,18,19,20). The largest absolute Gasteiger partial charge is 0.497 e. The molecule has 9 aromatic rings. The first-order valence-electron chi connectivity index (χ1n) is 17.9. The Labute approximate surface area is 338 Å². The smallest absolute Gasteiger partial charge is 0.419 e. The molecule has 0 aliphatic heterocycles. The van der Waals surface area contributed by atoms with Crippen molar-refractivity contribution >= 4 is 68.6 Å². The summed E-state index contributed by atoms with van der Waals surface area (Å²) in [6.45, 7) is 5.65. The average molecular weight is 816 g/mol. The van der Waals surface area contributed by atoms with Gasteiger partial charge in [0.15, 0.2) is 39.6 Å². The van der Waals surface area contributed by atoms with Crippen molar-refractivity contribution in [3.63, 3.8) is 0 Å². The molecule has 2 aromatic carbocycles. The molecule has 9 rings (SSSR count). The quantitative estimate of drug-likeness (QED) is 0.156. The summed E-state index contributed by atoms with van der Waals surface area (Å²) in [7, 11) is 1.57. The van der Waals surface area contributed by atoms with Gasteiger partial charge < -0.3 is 29.8 Å². The molecular weight excluding hydrogens is 782 g/mol. The maximum Gasteiger partial charge on any atom is 0.419 e. The molecule has 0 spiro atoms. The van der Waals surface area contributed by atoms with Crippen molar-refractivity contribution in [2.75, 3.05) is 18.6 Å². The number of benzene rings is 2. The van der Waals surface area contributed by atoms with E-state index in [0.29, 0.717) is 67.1 Å². The third-order valence-corrected chi connectivity index (χ3v) is 8.93. The van der Waals surface area contributed by atoms with Crippen molar-refractivity contribution in [2.24, 2.45) is 0 Å². The lowest BCUT2D eigenvalue weighted by molar-refractivity contribution is 0.0544. The number of methoxy groups -OCH3 is 1. The van der Waals surface area contributed by atoms with Gasteiger partial charge in [0.2, 0.25) is 11.9 Å². The number of carbonyl (C=O) groups is 2. The Balaban J connectivity index is 0.000000169. The number of nitrogen functional groups attached to an aromatic ring is 2. The third-order valence-electron chi connectivity index (χ3n) is 8.71. The van der Waals surface area contributed by atoms with Crippen LogP contribution in [-0.4, -0.2) is 79.1 Å². The molecular formula is C39H34ClN13O6. The van der Waals surface area contributed by atoms with Gasteiger partial charge in [0, 0.05) is 27.7 Å². The average Bonchev–Trinajstić information content (AvgIpc) is 4.06. The van der Waals surface area contributed by atoms with Crippen LogP contribution in [0.4, 0.5) is 16.7 Å². The number of rotatable bonds is 8. The number of aromatic nitrogens is 11. The van der Waals surface area contributed by atoms with Crippen molar-refractivity contribution in [3.8, 4) is 28.7 Å². The van der Waals surface area contributed by atoms with E-state index in [4.69, 9.17) is 41.4 Å². The number of hydrogen-bond acceptors (Lipinski definition) is 16. The second kappa shape index (κ2) is 15.3. The van der Waals surface area contributed by atoms with Crippen LogP contribution < -0.4 is 16.2 Å². The minimum atomic E-state index is -0.640. The van der Waals surface area contributed by atoms with Gasteiger partial charge in [-0.3, -0.25) is 9.36 Å². The summed E-state index contributed by atoms with van der Waals surface area (Å²) >= 11 is 6.37. The maximum atomic E-state index is 12.8. The summed E-state index contributed by atoms with van der Waals surface area (Å²) in [4.78, 5) is 42.3. The second-order valence-electron chi connectivity index (χ2n) is 14.0. The van der Waals surface area contributed by atoms with E-state index in [1.807, 2.05) is 26.8 Å². The molecule has 0 saturated carbocycles. The molecule has 0 amide bonds. The predicted octanol–water partition coefficient (Wildman–Crippen LogP) is 6.46. The van der Waals surface area contributed by atoms with Crippen LogP contribution in [0.1, 0.15) is 36.7 Å². The molecule has 0 aliphatic carbocycles. The maximum absolute atomic E-state index is 12.8. The molecule has 19 nitrogen and oxygen atoms in total. The highest BCUT2D eigenvalue weighted by atomic mass is 35.5. The number of ketones is 1. The van der Waals surface area contributed by atoms with E-state index in [1.54, 1.807) is 78.7 Å². The number of fused-ring (bicyclic) bond motifs is 3. The van der Waals surface area contributed by atoms with Gasteiger partial charge in [0.25, 0.3) is 0 Å². The molecule has 0 saturated heterocycles. The molecule has 20 heteroatoms. The van der Waals surface area contributed by atoms with E-state index >= 15 is 0 Å². The number of nitrogens with two attached hydrogens (primary N) is 2. The zero-order valence-corrected chi connectivity index (χ0v) is 32.7. The third kappa shape index (κ3) is 7.86. The van der Waals surface area contributed by atoms with Crippen LogP contribution in [-0.2, 0) is 17.8 Å². The number of carbonyl (C=O) groups excluding carboxylic acids is 2. The van der Waals surface area contributed by atoms with Gasteiger partial charge in [-0.2, -0.15) is 9.97 Å². The molecule has 0 bridgehead atoms. The van der Waals surface area contributed by atoms with Crippen molar-refractivity contribution in [2.45, 2.75) is 39.5 Å². The van der Waals surface area contributed by atoms with Gasteiger partial charge in [-0.1, -0.05) is 22.0 Å². The van der Waals surface area contributed by atoms with Crippen LogP contribution in [0.3, 0.4) is 0 Å². The van der Waals surface area contributed by atoms with Gasteiger partial charge >= 0.3 is 6.09 Å². The van der Waals surface area contributed by atoms with Crippen molar-refractivity contribution < 1.29 is 27.9 Å². The Bertz CT molecular complexity index is 2970. The molecule has 7 heterocycles. The van der Waals surface area contributed by atoms with Crippen molar-refractivity contribution in [3.05, 3.63) is 102 Å². The Hall–Kier alpha value is -7.67. The minimum Gasteiger partial charge on any atom is -0.497 e. The van der Waals surface area contributed by atoms with Crippen LogP contribution >= 0.6 is 11.6 Å². The molecule has 4 N–H and O–H groups in total. The van der Waals surface area contributed by atoms with Crippen LogP contribution in [0.15, 0.2) is 94.3 Å². The Morgan fingerprint density at radius 2 is 1.39 bits per heavy atom. The first kappa shape index (κ1) is 38.2. The van der Waals surface area contributed by atoms with E-state index in [0.717, 1.165) is 10.9 Å². The predicted molar refractivity (Wildman–Crippen MR) is 215 cm³/mol. The van der Waals surface area contributed by atoms with E-state index in [-0.39, 0.29) is 30.8 Å². The Morgan fingerprint density at radius 1 is 0.797 bits per heavy atom. The zero-order chi connectivity index (χ0) is 41.4. The van der Waals surface area contributed by atoms with Crippen LogP contribution in [0, 0.1) is 0 Å². The lowest BCUT2D eigenvalue weighted by Crippen LogP contribution is -2.27. The summed E-state index contributed by atoms with van der Waals surface area (Å²) in [5, 5.41) is 17.9. The number of Topliss-reactive ketones (excluding diaryl/α,β-unsaturated/α-hetero) is 1. The number of halogens is 1. The minimum absolute atomic E-state index is 0.0309. The van der Waals surface area contributed by atoms with Crippen LogP contribution in [0.2, 0.25) is 5.02 Å². The van der Waals surface area contributed by atoms with Crippen LogP contribution in [0.5, 0.6) is 5.75 Å². The van der Waals surface area contributed by atoms with E-state index < -0.39 is 11.7 Å². The zero-order valence-electron chi connectivity index (χ0n) is 31.9. The van der Waals surface area contributed by atoms with Gasteiger partial charge in [-0.15, -0.1) is 10.2 Å². The van der Waals surface area contributed by atoms with E-state index in [2.05, 4.69) is 40.6 Å². The van der Waals surface area contributed by atoms with Gasteiger partial charge in [-0.05, 0) is 87.5 Å². The molecule has 7 aromatic heterocycles. The lowest BCUT2D eigenvalue weighted by atomic mass is 10.1. The van der Waals surface area contributed by atoms with Crippen molar-refractivity contribution in [1.29, 1.82) is 0 Å². The fourth-order valence-electron chi connectivity index (χ4n) is 6.21. The monoisotopic (exact) mass is 815 g/mol. The summed E-state index contributed by atoms with van der Waals surface area (Å²) in [6.07, 6.45) is 4.23. The molecule has 0 atom stereocenters. The van der Waals surface area contributed by atoms with Gasteiger partial charge in [-0.25, -0.2) is 24.1 Å². The lowest BCUT2D eigenvalue weighted by Gasteiger charge is -2.20. The van der Waals surface area contributed by atoms with Crippen molar-refractivity contribution in [1.82, 2.24) is 54.5 Å². The number of nitrogens with zero attached hydrogens (tertiary/aromatic N) is 11. The molecule has 59 heavy (non-hydrogen) atoms. The number of anilines is 2. The molecule has 0 unspecified atom stereocenters. The summed E-state index contributed by atoms with van der Waals surface area (Å²) < 4.78 is 25.9. The highest BCUT2D eigenvalue weighted by Gasteiger charge is 2.23. The fourth-order valence-corrected chi connectivity index (χ4v) is 6.46. The first-order valence-corrected chi connectivity index (χ1v) is 18.2. The highest BCUT2D eigenvalue weighted by Crippen LogP contribution is 2.30. The van der Waals surface area contributed by atoms with Gasteiger partial charge in [0.1, 0.15) is 29.3 Å². The number of hydrogen-bond donors (Lipinski definition) is 2. The Kier molecular flexibility index (Phi) is 9.94. The topological polar surface area (TPSA) is 249 Å². The Morgan fingerprint density at radius 3 is 1.95 bits per heavy atom. The summed E-state index contributed by atoms with van der Waals surface area (Å²) in [5.74, 6) is 1.64. The molecule has 298 valence electrons. The summed E-state index contributed by atoms with van der Waals surface area (Å²) in [6, 6.07) is 19.2. The molecule has 0 radical (unpaired) electrons. The molecule has 0 aliphatic rings. The van der Waals surface area contributed by atoms with Crippen LogP contribution in [0.25, 0.3) is 56.1 Å². The van der Waals surface area contributed by atoms with Gasteiger partial charge in [0.05, 0.1) is 31.7 Å². The summed E-state index contributed by atoms with van der Waals surface area (Å²) in [5.41, 5.74) is 15.6. The normalized spacial score (nSPS) is 11.5. The fraction of sp³-hybridized carbons (Fsp3) is 0.179. The highest BCUT2D eigenvalue weighted by molar-refractivity contribution is 6.31. The van der Waals surface area contributed by atoms with E-state index in [1.165, 1.54) is 21.8 Å². The van der Waals surface area contributed by atoms with E-state index in [9.17, 15) is 9.59 Å². The molecule has 0 fully saturated rings. The SMILES string of the molecule is CC(C)(C)OC(=O)n1ccc2cc(Cl)cc(Cn3nnc4c(-c5ccco5)nc(N)nc43)c21.COc1ccc(C(=O)Cn2nnc3c(-c4ccco4)nc(N)nc32)cc1. The number of ether oxygens (including phenoxy) is 2. The number of furan rings is 2. The second-order valence-corrected chi connectivity index (χ2v) is 14.4.